The third kappa shape index (κ3) is 3.93. The van der Waals surface area contributed by atoms with Gasteiger partial charge in [0.1, 0.15) is 0 Å². The smallest absolute Gasteiger partial charge is 0.234 e. The number of methoxy groups -OCH3 is 1. The summed E-state index contributed by atoms with van der Waals surface area (Å²) in [4.78, 5) is 20.7. The fraction of sp³-hybridized carbons (Fsp3) is 0.235. The summed E-state index contributed by atoms with van der Waals surface area (Å²) >= 11 is 1.41. The maximum Gasteiger partial charge on any atom is 0.234 e. The maximum absolute atomic E-state index is 12.1. The van der Waals surface area contributed by atoms with Crippen molar-refractivity contribution in [3.05, 3.63) is 48.8 Å². The van der Waals surface area contributed by atoms with E-state index in [0.29, 0.717) is 18.8 Å². The normalized spacial score (nSPS) is 10.9. The molecule has 0 atom stereocenters. The Kier molecular flexibility index (Phi) is 5.45. The number of nitrogens with zero attached hydrogens (tertiary/aromatic N) is 3. The molecule has 3 aromatic rings. The minimum Gasteiger partial charge on any atom is -0.383 e. The molecule has 0 spiro atoms. The fourth-order valence-corrected chi connectivity index (χ4v) is 3.17. The SMILES string of the molecule is COCCn1c(SCC(=O)Nc2cccnc2)nc2ccccc21. The molecule has 2 aromatic heterocycles. The first-order chi connectivity index (χ1) is 11.8. The summed E-state index contributed by atoms with van der Waals surface area (Å²) < 4.78 is 7.26. The van der Waals surface area contributed by atoms with E-state index in [0.717, 1.165) is 16.2 Å². The van der Waals surface area contributed by atoms with E-state index >= 15 is 0 Å². The molecule has 0 aliphatic rings. The number of amides is 1. The van der Waals surface area contributed by atoms with Gasteiger partial charge in [-0.15, -0.1) is 0 Å². The van der Waals surface area contributed by atoms with E-state index in [1.807, 2.05) is 30.3 Å². The second-order valence-electron chi connectivity index (χ2n) is 5.11. The third-order valence-electron chi connectivity index (χ3n) is 3.42. The number of para-hydroxylation sites is 2. The molecule has 3 rings (SSSR count). The Labute approximate surface area is 144 Å². The van der Waals surface area contributed by atoms with Crippen molar-refractivity contribution in [1.29, 1.82) is 0 Å². The molecule has 1 aromatic carbocycles. The summed E-state index contributed by atoms with van der Waals surface area (Å²) in [5, 5.41) is 3.64. The minimum atomic E-state index is -0.0849. The summed E-state index contributed by atoms with van der Waals surface area (Å²) in [7, 11) is 1.67. The van der Waals surface area contributed by atoms with Crippen molar-refractivity contribution in [3.8, 4) is 0 Å². The highest BCUT2D eigenvalue weighted by molar-refractivity contribution is 7.99. The van der Waals surface area contributed by atoms with Crippen molar-refractivity contribution >= 4 is 34.4 Å². The van der Waals surface area contributed by atoms with Crippen LogP contribution in [0.4, 0.5) is 5.69 Å². The predicted molar refractivity (Wildman–Crippen MR) is 95.2 cm³/mol. The first-order valence-corrected chi connectivity index (χ1v) is 8.53. The van der Waals surface area contributed by atoms with Gasteiger partial charge in [0.15, 0.2) is 5.16 Å². The van der Waals surface area contributed by atoms with Crippen LogP contribution in [0, 0.1) is 0 Å². The molecule has 24 heavy (non-hydrogen) atoms. The van der Waals surface area contributed by atoms with Crippen LogP contribution in [0.5, 0.6) is 0 Å². The lowest BCUT2D eigenvalue weighted by Gasteiger charge is -2.08. The number of benzene rings is 1. The fourth-order valence-electron chi connectivity index (χ4n) is 2.33. The lowest BCUT2D eigenvalue weighted by Crippen LogP contribution is -2.15. The molecule has 0 saturated carbocycles. The van der Waals surface area contributed by atoms with Crippen molar-refractivity contribution < 1.29 is 9.53 Å². The molecule has 1 amide bonds. The minimum absolute atomic E-state index is 0.0849. The molecular formula is C17H18N4O2S. The highest BCUT2D eigenvalue weighted by Crippen LogP contribution is 2.24. The zero-order chi connectivity index (χ0) is 16.8. The number of nitrogens with one attached hydrogen (secondary N) is 1. The van der Waals surface area contributed by atoms with Crippen molar-refractivity contribution in [1.82, 2.24) is 14.5 Å². The van der Waals surface area contributed by atoms with Gasteiger partial charge in [-0.2, -0.15) is 0 Å². The van der Waals surface area contributed by atoms with Crippen LogP contribution in [0.15, 0.2) is 53.9 Å². The van der Waals surface area contributed by atoms with Crippen LogP contribution in [0.3, 0.4) is 0 Å². The maximum atomic E-state index is 12.1. The molecule has 0 unspecified atom stereocenters. The molecule has 6 nitrogen and oxygen atoms in total. The van der Waals surface area contributed by atoms with Gasteiger partial charge in [-0.25, -0.2) is 4.98 Å². The number of imidazole rings is 1. The van der Waals surface area contributed by atoms with Crippen LogP contribution in [0.25, 0.3) is 11.0 Å². The Morgan fingerprint density at radius 1 is 1.29 bits per heavy atom. The van der Waals surface area contributed by atoms with Crippen molar-refractivity contribution in [2.75, 3.05) is 24.8 Å². The summed E-state index contributed by atoms with van der Waals surface area (Å²) in [6.07, 6.45) is 3.29. The quantitative estimate of drug-likeness (QED) is 0.669. The highest BCUT2D eigenvalue weighted by Gasteiger charge is 2.12. The van der Waals surface area contributed by atoms with Crippen molar-refractivity contribution in [2.45, 2.75) is 11.7 Å². The zero-order valence-electron chi connectivity index (χ0n) is 13.3. The number of thioether (sulfide) groups is 1. The van der Waals surface area contributed by atoms with Crippen LogP contribution >= 0.6 is 11.8 Å². The molecule has 0 fully saturated rings. The van der Waals surface area contributed by atoms with Gasteiger partial charge >= 0.3 is 0 Å². The lowest BCUT2D eigenvalue weighted by molar-refractivity contribution is -0.113. The van der Waals surface area contributed by atoms with Gasteiger partial charge in [0, 0.05) is 19.9 Å². The van der Waals surface area contributed by atoms with Gasteiger partial charge < -0.3 is 14.6 Å². The number of hydrogen-bond donors (Lipinski definition) is 1. The lowest BCUT2D eigenvalue weighted by atomic mass is 10.3. The van der Waals surface area contributed by atoms with Gasteiger partial charge in [0.2, 0.25) is 5.91 Å². The number of ether oxygens (including phenoxy) is 1. The Balaban J connectivity index is 1.71. The van der Waals surface area contributed by atoms with E-state index in [1.165, 1.54) is 11.8 Å². The number of carbonyl (C=O) groups is 1. The standard InChI is InChI=1S/C17H18N4O2S/c1-23-10-9-21-15-7-3-2-6-14(15)20-17(21)24-12-16(22)19-13-5-4-8-18-11-13/h2-8,11H,9-10,12H2,1H3,(H,19,22). The Morgan fingerprint density at radius 2 is 2.17 bits per heavy atom. The third-order valence-corrected chi connectivity index (χ3v) is 4.39. The Hall–Kier alpha value is -2.38. The predicted octanol–water partition coefficient (Wildman–Crippen LogP) is 2.81. The van der Waals surface area contributed by atoms with E-state index in [1.54, 1.807) is 25.6 Å². The number of hydrogen-bond acceptors (Lipinski definition) is 5. The molecule has 0 aliphatic carbocycles. The molecule has 0 saturated heterocycles. The summed E-state index contributed by atoms with van der Waals surface area (Å²) in [5.41, 5.74) is 2.66. The van der Waals surface area contributed by atoms with Gasteiger partial charge in [0.25, 0.3) is 0 Å². The number of carbonyl (C=O) groups excluding carboxylic acids is 1. The monoisotopic (exact) mass is 342 g/mol. The molecule has 0 aliphatic heterocycles. The second-order valence-corrected chi connectivity index (χ2v) is 6.05. The number of pyridine rings is 1. The van der Waals surface area contributed by atoms with E-state index in [-0.39, 0.29) is 11.7 Å². The molecule has 124 valence electrons. The largest absolute Gasteiger partial charge is 0.383 e. The Morgan fingerprint density at radius 3 is 2.96 bits per heavy atom. The molecule has 0 radical (unpaired) electrons. The van der Waals surface area contributed by atoms with Gasteiger partial charge in [0.05, 0.1) is 35.3 Å². The highest BCUT2D eigenvalue weighted by atomic mass is 32.2. The average Bonchev–Trinajstić information content (AvgIpc) is 2.96. The van der Waals surface area contributed by atoms with Crippen LogP contribution in [-0.4, -0.2) is 39.9 Å². The van der Waals surface area contributed by atoms with E-state index in [2.05, 4.69) is 19.9 Å². The Bertz CT molecular complexity index is 820. The van der Waals surface area contributed by atoms with E-state index < -0.39 is 0 Å². The number of rotatable bonds is 7. The average molecular weight is 342 g/mol. The van der Waals surface area contributed by atoms with Gasteiger partial charge in [-0.1, -0.05) is 23.9 Å². The number of anilines is 1. The first-order valence-electron chi connectivity index (χ1n) is 7.55. The van der Waals surface area contributed by atoms with Crippen LogP contribution in [-0.2, 0) is 16.1 Å². The van der Waals surface area contributed by atoms with Crippen LogP contribution in [0.1, 0.15) is 0 Å². The molecule has 0 bridgehead atoms. The molecule has 1 N–H and O–H groups in total. The van der Waals surface area contributed by atoms with E-state index in [9.17, 15) is 4.79 Å². The second kappa shape index (κ2) is 7.94. The first kappa shape index (κ1) is 16.5. The summed E-state index contributed by atoms with van der Waals surface area (Å²) in [5.74, 6) is 0.198. The van der Waals surface area contributed by atoms with Crippen molar-refractivity contribution in [2.24, 2.45) is 0 Å². The molecule has 7 heteroatoms. The number of fused-ring (bicyclic) bond motifs is 1. The zero-order valence-corrected chi connectivity index (χ0v) is 14.1. The van der Waals surface area contributed by atoms with Gasteiger partial charge in [-0.05, 0) is 24.3 Å². The van der Waals surface area contributed by atoms with Crippen molar-refractivity contribution in [3.63, 3.8) is 0 Å². The number of aromatic nitrogens is 3. The molecule has 2 heterocycles. The topological polar surface area (TPSA) is 69.0 Å². The van der Waals surface area contributed by atoms with Gasteiger partial charge in [-0.3, -0.25) is 9.78 Å². The summed E-state index contributed by atoms with van der Waals surface area (Å²) in [6, 6.07) is 11.5. The van der Waals surface area contributed by atoms with E-state index in [4.69, 9.17) is 4.74 Å². The van der Waals surface area contributed by atoms with Crippen LogP contribution < -0.4 is 5.32 Å². The van der Waals surface area contributed by atoms with Crippen LogP contribution in [0.2, 0.25) is 0 Å². The summed E-state index contributed by atoms with van der Waals surface area (Å²) in [6.45, 7) is 1.29. The molecular weight excluding hydrogens is 324 g/mol.